The highest BCUT2D eigenvalue weighted by Gasteiger charge is 2.67. The quantitative estimate of drug-likeness (QED) is 0.671. The Morgan fingerprint density at radius 2 is 1.93 bits per heavy atom. The highest BCUT2D eigenvalue weighted by molar-refractivity contribution is 5.72. The van der Waals surface area contributed by atoms with Gasteiger partial charge in [-0.15, -0.1) is 0 Å². The molecule has 0 heterocycles. The molecule has 0 aromatic carbocycles. The van der Waals surface area contributed by atoms with Gasteiger partial charge in [0.15, 0.2) is 0 Å². The van der Waals surface area contributed by atoms with Crippen molar-refractivity contribution in [2.75, 3.05) is 0 Å². The van der Waals surface area contributed by atoms with Crippen molar-refractivity contribution in [2.24, 2.45) is 22.7 Å². The summed E-state index contributed by atoms with van der Waals surface area (Å²) in [5.74, 6) is -1.25. The second-order valence-corrected chi connectivity index (χ2v) is 5.59. The fourth-order valence-electron chi connectivity index (χ4n) is 3.64. The van der Waals surface area contributed by atoms with Crippen LogP contribution in [0.3, 0.4) is 0 Å². The molecule has 2 aliphatic rings. The van der Waals surface area contributed by atoms with Crippen LogP contribution in [0.4, 0.5) is 0 Å². The van der Waals surface area contributed by atoms with Crippen LogP contribution in [0, 0.1) is 22.7 Å². The molecule has 0 radical (unpaired) electrons. The molecule has 2 aliphatic carbocycles. The lowest BCUT2D eigenvalue weighted by molar-refractivity contribution is -0.149. The van der Waals surface area contributed by atoms with E-state index in [1.54, 1.807) is 0 Å². The van der Waals surface area contributed by atoms with Gasteiger partial charge in [0.25, 0.3) is 0 Å². The number of hydrogen-bond donors (Lipinski definition) is 2. The van der Waals surface area contributed by atoms with Gasteiger partial charge in [0.2, 0.25) is 0 Å². The zero-order valence-electron chi connectivity index (χ0n) is 8.95. The largest absolute Gasteiger partial charge is 0.481 e. The van der Waals surface area contributed by atoms with Crippen molar-refractivity contribution in [3.8, 4) is 0 Å². The number of aliphatic hydroxyl groups is 1. The summed E-state index contributed by atoms with van der Waals surface area (Å²) in [5.41, 5.74) is -0.254. The third-order valence-corrected chi connectivity index (χ3v) is 5.09. The molecule has 2 bridgehead atoms. The summed E-state index contributed by atoms with van der Waals surface area (Å²) in [7, 11) is 0. The van der Waals surface area contributed by atoms with Crippen LogP contribution in [-0.4, -0.2) is 22.3 Å². The first-order chi connectivity index (χ1) is 6.32. The van der Waals surface area contributed by atoms with Crippen molar-refractivity contribution >= 4 is 5.97 Å². The summed E-state index contributed by atoms with van der Waals surface area (Å²) in [6, 6.07) is 0. The minimum absolute atomic E-state index is 0.0462. The molecule has 2 rings (SSSR count). The minimum Gasteiger partial charge on any atom is -0.481 e. The van der Waals surface area contributed by atoms with Crippen molar-refractivity contribution < 1.29 is 15.0 Å². The first-order valence-corrected chi connectivity index (χ1v) is 5.23. The van der Waals surface area contributed by atoms with Gasteiger partial charge in [-0.3, -0.25) is 4.79 Å². The van der Waals surface area contributed by atoms with Crippen molar-refractivity contribution in [2.45, 2.75) is 39.7 Å². The van der Waals surface area contributed by atoms with E-state index in [1.165, 1.54) is 0 Å². The van der Waals surface area contributed by atoms with Gasteiger partial charge in [0, 0.05) is 0 Å². The molecule has 3 nitrogen and oxygen atoms in total. The lowest BCUT2D eigenvalue weighted by Gasteiger charge is -2.36. The Morgan fingerprint density at radius 1 is 1.36 bits per heavy atom. The number of carboxylic acid groups (broad SMARTS) is 1. The van der Waals surface area contributed by atoms with Gasteiger partial charge in [-0.25, -0.2) is 0 Å². The Balaban J connectivity index is 2.44. The Kier molecular flexibility index (Phi) is 1.79. The van der Waals surface area contributed by atoms with E-state index in [0.29, 0.717) is 0 Å². The van der Waals surface area contributed by atoms with E-state index in [1.807, 2.05) is 6.92 Å². The lowest BCUT2D eigenvalue weighted by atomic mass is 9.70. The fraction of sp³-hybridized carbons (Fsp3) is 0.909. The van der Waals surface area contributed by atoms with Crippen LogP contribution in [0.5, 0.6) is 0 Å². The van der Waals surface area contributed by atoms with Crippen molar-refractivity contribution in [3.05, 3.63) is 0 Å². The van der Waals surface area contributed by atoms with Crippen LogP contribution in [0.1, 0.15) is 33.6 Å². The summed E-state index contributed by atoms with van der Waals surface area (Å²) < 4.78 is 0. The molecule has 0 aromatic heterocycles. The predicted octanol–water partition coefficient (Wildman–Crippen LogP) is 1.50. The normalized spacial score (nSPS) is 49.6. The second kappa shape index (κ2) is 2.51. The van der Waals surface area contributed by atoms with Gasteiger partial charge in [-0.05, 0) is 29.6 Å². The molecule has 14 heavy (non-hydrogen) atoms. The Hall–Kier alpha value is -0.570. The summed E-state index contributed by atoms with van der Waals surface area (Å²) >= 11 is 0. The average Bonchev–Trinajstić information content (AvgIpc) is 2.35. The smallest absolute Gasteiger partial charge is 0.309 e. The van der Waals surface area contributed by atoms with E-state index in [2.05, 4.69) is 13.8 Å². The topological polar surface area (TPSA) is 57.5 Å². The summed E-state index contributed by atoms with van der Waals surface area (Å²) in [4.78, 5) is 11.1. The van der Waals surface area contributed by atoms with Crippen LogP contribution in [-0.2, 0) is 4.79 Å². The van der Waals surface area contributed by atoms with Crippen LogP contribution in [0.15, 0.2) is 0 Å². The second-order valence-electron chi connectivity index (χ2n) is 5.59. The highest BCUT2D eigenvalue weighted by atomic mass is 16.4. The standard InChI is InChI=1S/C11H18O3/c1-10(2)6-4-5-11(10,3)8(12)7(6)9(13)14/h6-8,12H,4-5H2,1-3H3,(H,13,14)/t6-,7+,8+,11+/m1/s1. The van der Waals surface area contributed by atoms with Crippen LogP contribution in [0.25, 0.3) is 0 Å². The minimum atomic E-state index is -0.834. The maximum Gasteiger partial charge on any atom is 0.309 e. The predicted molar refractivity (Wildman–Crippen MR) is 51.7 cm³/mol. The van der Waals surface area contributed by atoms with E-state index in [9.17, 15) is 9.90 Å². The van der Waals surface area contributed by atoms with Crippen molar-refractivity contribution in [1.29, 1.82) is 0 Å². The molecule has 2 fully saturated rings. The molecule has 2 saturated carbocycles. The Labute approximate surface area is 84.1 Å². The van der Waals surface area contributed by atoms with Crippen LogP contribution >= 0.6 is 0 Å². The molecular weight excluding hydrogens is 180 g/mol. The molecule has 0 aliphatic heterocycles. The molecule has 3 heteroatoms. The number of carboxylic acids is 1. The molecule has 0 amide bonds. The van der Waals surface area contributed by atoms with E-state index in [4.69, 9.17) is 5.11 Å². The van der Waals surface area contributed by atoms with E-state index in [0.717, 1.165) is 12.8 Å². The molecular formula is C11H18O3. The number of rotatable bonds is 1. The molecule has 80 valence electrons. The molecule has 0 aromatic rings. The van der Waals surface area contributed by atoms with Crippen molar-refractivity contribution in [3.63, 3.8) is 0 Å². The maximum atomic E-state index is 11.1. The van der Waals surface area contributed by atoms with Gasteiger partial charge in [0.05, 0.1) is 12.0 Å². The summed E-state index contributed by atoms with van der Waals surface area (Å²) in [5, 5.41) is 19.2. The number of fused-ring (bicyclic) bond motifs is 2. The van der Waals surface area contributed by atoms with Gasteiger partial charge in [-0.2, -0.15) is 0 Å². The molecule has 0 unspecified atom stereocenters. The SMILES string of the molecule is CC1(C)[C@@H]2CC[C@@]1(C)[C@@H](O)[C@H]2C(=O)O. The Morgan fingerprint density at radius 3 is 2.21 bits per heavy atom. The molecule has 0 saturated heterocycles. The zero-order valence-corrected chi connectivity index (χ0v) is 8.95. The molecule has 4 atom stereocenters. The first kappa shape index (κ1) is 9.97. The number of aliphatic carboxylic acids is 1. The first-order valence-electron chi connectivity index (χ1n) is 5.23. The monoisotopic (exact) mass is 198 g/mol. The Bertz CT molecular complexity index is 284. The summed E-state index contributed by atoms with van der Waals surface area (Å²) in [6.45, 7) is 6.22. The third-order valence-electron chi connectivity index (χ3n) is 5.09. The van der Waals surface area contributed by atoms with E-state index >= 15 is 0 Å². The molecule has 0 spiro atoms. The average molecular weight is 198 g/mol. The van der Waals surface area contributed by atoms with Gasteiger partial charge < -0.3 is 10.2 Å². The maximum absolute atomic E-state index is 11.1. The third kappa shape index (κ3) is 0.842. The van der Waals surface area contributed by atoms with E-state index < -0.39 is 18.0 Å². The number of hydrogen-bond acceptors (Lipinski definition) is 2. The van der Waals surface area contributed by atoms with Gasteiger partial charge in [-0.1, -0.05) is 20.8 Å². The number of carbonyl (C=O) groups is 1. The van der Waals surface area contributed by atoms with E-state index in [-0.39, 0.29) is 16.7 Å². The van der Waals surface area contributed by atoms with Gasteiger partial charge in [0.1, 0.15) is 0 Å². The highest BCUT2D eigenvalue weighted by Crippen LogP contribution is 2.67. The fourth-order valence-corrected chi connectivity index (χ4v) is 3.64. The van der Waals surface area contributed by atoms with Crippen molar-refractivity contribution in [1.82, 2.24) is 0 Å². The van der Waals surface area contributed by atoms with Crippen LogP contribution < -0.4 is 0 Å². The number of aliphatic hydroxyl groups excluding tert-OH is 1. The summed E-state index contributed by atoms with van der Waals surface area (Å²) in [6.07, 6.45) is 1.22. The zero-order chi connectivity index (χ0) is 10.7. The molecule has 2 N–H and O–H groups in total. The van der Waals surface area contributed by atoms with Gasteiger partial charge >= 0.3 is 5.97 Å². The lowest BCUT2D eigenvalue weighted by Crippen LogP contribution is -2.39. The van der Waals surface area contributed by atoms with Crippen LogP contribution in [0.2, 0.25) is 0 Å².